The summed E-state index contributed by atoms with van der Waals surface area (Å²) in [5.41, 5.74) is 5.96. The fourth-order valence-electron chi connectivity index (χ4n) is 3.94. The van der Waals surface area contributed by atoms with Gasteiger partial charge >= 0.3 is 0 Å². The van der Waals surface area contributed by atoms with Gasteiger partial charge < -0.3 is 19.8 Å². The van der Waals surface area contributed by atoms with E-state index in [2.05, 4.69) is 4.98 Å². The first-order chi connectivity index (χ1) is 10.2. The molecule has 6 heteroatoms. The van der Waals surface area contributed by atoms with E-state index in [0.717, 1.165) is 38.8 Å². The molecular weight excluding hydrogens is 270 g/mol. The standard InChI is InChI=1S/C15H23N3O3/c1-20-12-4-2-5-15(12)6-3-7-18(10-15)14(19)11-9-21-13(8-16)17-11/h9,12H,2-8,10,16H2,1H3/t12-,15-/m1/s1. The lowest BCUT2D eigenvalue weighted by atomic mass is 9.76. The van der Waals surface area contributed by atoms with Crippen LogP contribution in [-0.4, -0.2) is 42.1 Å². The van der Waals surface area contributed by atoms with Gasteiger partial charge in [0.15, 0.2) is 5.69 Å². The molecule has 6 nitrogen and oxygen atoms in total. The molecule has 0 radical (unpaired) electrons. The Balaban J connectivity index is 1.75. The lowest BCUT2D eigenvalue weighted by Gasteiger charge is -2.43. The van der Waals surface area contributed by atoms with E-state index in [9.17, 15) is 4.79 Å². The lowest BCUT2D eigenvalue weighted by Crippen LogP contribution is -2.49. The Morgan fingerprint density at radius 2 is 2.38 bits per heavy atom. The molecule has 3 rings (SSSR count). The van der Waals surface area contributed by atoms with E-state index >= 15 is 0 Å². The van der Waals surface area contributed by atoms with Crippen LogP contribution in [0.5, 0.6) is 0 Å². The minimum Gasteiger partial charge on any atom is -0.447 e. The highest BCUT2D eigenvalue weighted by molar-refractivity contribution is 5.92. The molecule has 2 heterocycles. The summed E-state index contributed by atoms with van der Waals surface area (Å²) in [5, 5.41) is 0. The van der Waals surface area contributed by atoms with Crippen molar-refractivity contribution >= 4 is 5.91 Å². The van der Waals surface area contributed by atoms with Crippen molar-refractivity contribution in [2.45, 2.75) is 44.8 Å². The number of amides is 1. The zero-order chi connectivity index (χ0) is 14.9. The fraction of sp³-hybridized carbons (Fsp3) is 0.733. The van der Waals surface area contributed by atoms with Crippen molar-refractivity contribution in [3.05, 3.63) is 17.8 Å². The molecule has 1 saturated heterocycles. The molecule has 21 heavy (non-hydrogen) atoms. The minimum absolute atomic E-state index is 0.0562. The van der Waals surface area contributed by atoms with Crippen LogP contribution < -0.4 is 5.73 Å². The normalized spacial score (nSPS) is 29.2. The number of methoxy groups -OCH3 is 1. The molecule has 1 aliphatic heterocycles. The van der Waals surface area contributed by atoms with Crippen LogP contribution in [-0.2, 0) is 11.3 Å². The number of carbonyl (C=O) groups is 1. The first-order valence-electron chi connectivity index (χ1n) is 7.65. The molecule has 0 unspecified atom stereocenters. The third kappa shape index (κ3) is 2.58. The molecular formula is C15H23N3O3. The fourth-order valence-corrected chi connectivity index (χ4v) is 3.94. The Kier molecular flexibility index (Phi) is 3.99. The predicted molar refractivity (Wildman–Crippen MR) is 76.6 cm³/mol. The lowest BCUT2D eigenvalue weighted by molar-refractivity contribution is -0.0296. The molecule has 1 saturated carbocycles. The van der Waals surface area contributed by atoms with Gasteiger partial charge in [-0.3, -0.25) is 4.79 Å². The predicted octanol–water partition coefficient (Wildman–Crippen LogP) is 1.55. The molecule has 2 N–H and O–H groups in total. The first-order valence-corrected chi connectivity index (χ1v) is 7.65. The maximum atomic E-state index is 12.6. The van der Waals surface area contributed by atoms with E-state index in [4.69, 9.17) is 14.9 Å². The highest BCUT2D eigenvalue weighted by Crippen LogP contribution is 2.46. The summed E-state index contributed by atoms with van der Waals surface area (Å²) in [6.45, 7) is 1.75. The summed E-state index contributed by atoms with van der Waals surface area (Å²) in [5.74, 6) is 0.347. The molecule has 0 bridgehead atoms. The third-order valence-corrected chi connectivity index (χ3v) is 4.95. The van der Waals surface area contributed by atoms with Gasteiger partial charge in [-0.05, 0) is 25.7 Å². The Bertz CT molecular complexity index is 516. The van der Waals surface area contributed by atoms with E-state index in [1.807, 2.05) is 4.90 Å². The van der Waals surface area contributed by atoms with Gasteiger partial charge in [-0.25, -0.2) is 4.98 Å². The van der Waals surface area contributed by atoms with E-state index in [-0.39, 0.29) is 24.0 Å². The summed E-state index contributed by atoms with van der Waals surface area (Å²) >= 11 is 0. The van der Waals surface area contributed by atoms with Crippen molar-refractivity contribution < 1.29 is 13.9 Å². The molecule has 0 aromatic carbocycles. The summed E-state index contributed by atoms with van der Waals surface area (Å²) in [7, 11) is 1.78. The number of ether oxygens (including phenoxy) is 1. The van der Waals surface area contributed by atoms with E-state index in [1.54, 1.807) is 7.11 Å². The summed E-state index contributed by atoms with van der Waals surface area (Å²) in [6, 6.07) is 0. The van der Waals surface area contributed by atoms with Crippen molar-refractivity contribution in [3.63, 3.8) is 0 Å². The van der Waals surface area contributed by atoms with E-state index in [0.29, 0.717) is 11.6 Å². The number of hydrogen-bond donors (Lipinski definition) is 1. The van der Waals surface area contributed by atoms with Crippen molar-refractivity contribution in [3.8, 4) is 0 Å². The quantitative estimate of drug-likeness (QED) is 0.914. The second-order valence-corrected chi connectivity index (χ2v) is 6.14. The van der Waals surface area contributed by atoms with Gasteiger partial charge in [0.1, 0.15) is 6.26 Å². The summed E-state index contributed by atoms with van der Waals surface area (Å²) in [6.07, 6.45) is 7.26. The molecule has 2 atom stereocenters. The second-order valence-electron chi connectivity index (χ2n) is 6.14. The van der Waals surface area contributed by atoms with Crippen LogP contribution in [0.15, 0.2) is 10.7 Å². The minimum atomic E-state index is -0.0562. The van der Waals surface area contributed by atoms with Crippen molar-refractivity contribution in [2.75, 3.05) is 20.2 Å². The van der Waals surface area contributed by atoms with Gasteiger partial charge in [0, 0.05) is 25.6 Å². The summed E-state index contributed by atoms with van der Waals surface area (Å²) < 4.78 is 10.8. The van der Waals surface area contributed by atoms with Crippen LogP contribution >= 0.6 is 0 Å². The molecule has 1 amide bonds. The maximum absolute atomic E-state index is 12.6. The van der Waals surface area contributed by atoms with E-state index in [1.165, 1.54) is 12.7 Å². The number of carbonyl (C=O) groups excluding carboxylic acids is 1. The molecule has 1 spiro atoms. The monoisotopic (exact) mass is 293 g/mol. The van der Waals surface area contributed by atoms with Gasteiger partial charge in [-0.2, -0.15) is 0 Å². The molecule has 2 fully saturated rings. The number of rotatable bonds is 3. The molecule has 1 aromatic heterocycles. The van der Waals surface area contributed by atoms with Gasteiger partial charge in [0.2, 0.25) is 5.89 Å². The molecule has 116 valence electrons. The zero-order valence-electron chi connectivity index (χ0n) is 12.5. The molecule has 1 aliphatic carbocycles. The van der Waals surface area contributed by atoms with Crippen LogP contribution in [0.3, 0.4) is 0 Å². The maximum Gasteiger partial charge on any atom is 0.275 e. The Labute approximate surface area is 124 Å². The van der Waals surface area contributed by atoms with Crippen LogP contribution in [0, 0.1) is 5.41 Å². The largest absolute Gasteiger partial charge is 0.447 e. The average Bonchev–Trinajstić information content (AvgIpc) is 3.13. The highest BCUT2D eigenvalue weighted by Gasteiger charge is 2.46. The van der Waals surface area contributed by atoms with Crippen LogP contribution in [0.4, 0.5) is 0 Å². The zero-order valence-corrected chi connectivity index (χ0v) is 12.5. The smallest absolute Gasteiger partial charge is 0.275 e. The van der Waals surface area contributed by atoms with Crippen molar-refractivity contribution in [1.29, 1.82) is 0 Å². The van der Waals surface area contributed by atoms with Crippen LogP contribution in [0.25, 0.3) is 0 Å². The topological polar surface area (TPSA) is 81.6 Å². The van der Waals surface area contributed by atoms with Gasteiger partial charge in [0.05, 0.1) is 12.6 Å². The van der Waals surface area contributed by atoms with Gasteiger partial charge in [0.25, 0.3) is 5.91 Å². The van der Waals surface area contributed by atoms with Gasteiger partial charge in [-0.1, -0.05) is 6.42 Å². The number of nitrogens with zero attached hydrogens (tertiary/aromatic N) is 2. The SMILES string of the molecule is CO[C@@H]1CCC[C@]12CCCN(C(=O)c1coc(CN)n1)C2. The Morgan fingerprint density at radius 1 is 1.57 bits per heavy atom. The molecule has 1 aromatic rings. The number of nitrogens with two attached hydrogens (primary N) is 1. The number of hydrogen-bond acceptors (Lipinski definition) is 5. The first kappa shape index (κ1) is 14.5. The third-order valence-electron chi connectivity index (χ3n) is 4.95. The molecule has 2 aliphatic rings. The number of oxazole rings is 1. The van der Waals surface area contributed by atoms with Gasteiger partial charge in [-0.15, -0.1) is 0 Å². The number of piperidine rings is 1. The van der Waals surface area contributed by atoms with E-state index < -0.39 is 0 Å². The summed E-state index contributed by atoms with van der Waals surface area (Å²) in [4.78, 5) is 18.6. The Hall–Kier alpha value is -1.40. The number of aromatic nitrogens is 1. The van der Waals surface area contributed by atoms with Crippen LogP contribution in [0.2, 0.25) is 0 Å². The van der Waals surface area contributed by atoms with Crippen molar-refractivity contribution in [1.82, 2.24) is 9.88 Å². The number of likely N-dealkylation sites (tertiary alicyclic amines) is 1. The van der Waals surface area contributed by atoms with Crippen molar-refractivity contribution in [2.24, 2.45) is 11.1 Å². The Morgan fingerprint density at radius 3 is 3.10 bits per heavy atom. The second kappa shape index (κ2) is 5.77. The average molecular weight is 293 g/mol. The van der Waals surface area contributed by atoms with Crippen LogP contribution in [0.1, 0.15) is 48.5 Å². The highest BCUT2D eigenvalue weighted by atomic mass is 16.5.